The number of rotatable bonds is 2. The average molecular weight is 491 g/mol. The maximum absolute atomic E-state index is 13.6. The number of fused-ring (bicyclic) bond motifs is 2. The number of alkyl halides is 3. The Balaban J connectivity index is 0.000000917. The van der Waals surface area contributed by atoms with Crippen LogP contribution in [0.1, 0.15) is 11.1 Å². The lowest BCUT2D eigenvalue weighted by Gasteiger charge is -2.31. The Morgan fingerprint density at radius 1 is 1.23 bits per heavy atom. The van der Waals surface area contributed by atoms with Crippen LogP contribution in [0.5, 0.6) is 0 Å². The molecule has 1 aromatic carbocycles. The number of halogens is 3. The summed E-state index contributed by atoms with van der Waals surface area (Å²) in [6, 6.07) is 3.87. The van der Waals surface area contributed by atoms with Gasteiger partial charge in [0.2, 0.25) is 0 Å². The molecule has 0 saturated carbocycles. The fraction of sp³-hybridized carbons (Fsp3) is 0.364. The summed E-state index contributed by atoms with van der Waals surface area (Å²) in [4.78, 5) is 29.5. The van der Waals surface area contributed by atoms with E-state index in [-0.39, 0.29) is 17.7 Å². The van der Waals surface area contributed by atoms with E-state index in [4.69, 9.17) is 9.90 Å². The van der Waals surface area contributed by atoms with E-state index in [1.165, 1.54) is 21.8 Å². The molecule has 35 heavy (non-hydrogen) atoms. The number of hydrogen-bond acceptors (Lipinski definition) is 6. The van der Waals surface area contributed by atoms with Gasteiger partial charge in [0, 0.05) is 74.5 Å². The second-order valence-corrected chi connectivity index (χ2v) is 8.07. The summed E-state index contributed by atoms with van der Waals surface area (Å²) >= 11 is 0. The maximum Gasteiger partial charge on any atom is 0.418 e. The summed E-state index contributed by atoms with van der Waals surface area (Å²) in [5.41, 5.74) is 1.08. The predicted molar refractivity (Wildman–Crippen MR) is 124 cm³/mol. The zero-order valence-electron chi connectivity index (χ0n) is 18.8. The second-order valence-electron chi connectivity index (χ2n) is 8.07. The first-order chi connectivity index (χ1) is 16.7. The molecule has 2 aliphatic rings. The molecule has 1 fully saturated rings. The smallest absolute Gasteiger partial charge is 0.418 e. The lowest BCUT2D eigenvalue weighted by atomic mass is 10.1. The van der Waals surface area contributed by atoms with Gasteiger partial charge >= 0.3 is 12.2 Å². The first-order valence-electron chi connectivity index (χ1n) is 10.9. The van der Waals surface area contributed by atoms with Crippen LogP contribution in [0.4, 0.5) is 35.2 Å². The van der Waals surface area contributed by atoms with Crippen LogP contribution in [0.3, 0.4) is 0 Å². The lowest BCUT2D eigenvalue weighted by Crippen LogP contribution is -2.43. The molecule has 10 nitrogen and oxygen atoms in total. The third-order valence-electron chi connectivity index (χ3n) is 5.83. The molecule has 13 heteroatoms. The fourth-order valence-electron chi connectivity index (χ4n) is 4.41. The highest BCUT2D eigenvalue weighted by Crippen LogP contribution is 2.37. The van der Waals surface area contributed by atoms with Gasteiger partial charge in [-0.15, -0.1) is 0 Å². The SMILES string of the molecule is Cn1cc2cc(NC(=O)N3CCc4c(N5CCNCC5)ccnc43)cc(C(F)(F)F)c2n1.O=CO. The Kier molecular flexibility index (Phi) is 6.78. The molecule has 2 aliphatic heterocycles. The number of hydrogen-bond donors (Lipinski definition) is 3. The van der Waals surface area contributed by atoms with Crippen molar-refractivity contribution in [3.63, 3.8) is 0 Å². The summed E-state index contributed by atoms with van der Waals surface area (Å²) in [7, 11) is 1.56. The van der Waals surface area contributed by atoms with Crippen LogP contribution in [0, 0.1) is 0 Å². The van der Waals surface area contributed by atoms with Crippen molar-refractivity contribution >= 4 is 40.6 Å². The lowest BCUT2D eigenvalue weighted by molar-refractivity contribution is -0.136. The van der Waals surface area contributed by atoms with Crippen molar-refractivity contribution in [2.24, 2.45) is 7.05 Å². The fourth-order valence-corrected chi connectivity index (χ4v) is 4.41. The van der Waals surface area contributed by atoms with Gasteiger partial charge in [-0.25, -0.2) is 9.78 Å². The molecule has 5 rings (SSSR count). The van der Waals surface area contributed by atoms with Crippen molar-refractivity contribution in [3.8, 4) is 0 Å². The molecule has 0 bridgehead atoms. The maximum atomic E-state index is 13.6. The Hall–Kier alpha value is -3.87. The van der Waals surface area contributed by atoms with Gasteiger partial charge in [-0.2, -0.15) is 18.3 Å². The molecular formula is C22H24F3N7O3. The number of aryl methyl sites for hydroxylation is 1. The van der Waals surface area contributed by atoms with E-state index >= 15 is 0 Å². The number of urea groups is 1. The third kappa shape index (κ3) is 4.99. The van der Waals surface area contributed by atoms with Crippen molar-refractivity contribution in [3.05, 3.63) is 41.7 Å². The highest BCUT2D eigenvalue weighted by atomic mass is 19.4. The molecule has 2 amide bonds. The highest BCUT2D eigenvalue weighted by Gasteiger charge is 2.35. The molecule has 1 saturated heterocycles. The number of piperazine rings is 1. The largest absolute Gasteiger partial charge is 0.483 e. The molecule has 0 unspecified atom stereocenters. The number of pyridine rings is 1. The van der Waals surface area contributed by atoms with E-state index in [1.54, 1.807) is 13.2 Å². The van der Waals surface area contributed by atoms with Crippen LogP contribution in [0.15, 0.2) is 30.6 Å². The zero-order valence-corrected chi connectivity index (χ0v) is 18.8. The van der Waals surface area contributed by atoms with Crippen molar-refractivity contribution < 1.29 is 27.9 Å². The van der Waals surface area contributed by atoms with E-state index < -0.39 is 17.8 Å². The van der Waals surface area contributed by atoms with Crippen LogP contribution in [0.2, 0.25) is 0 Å². The zero-order chi connectivity index (χ0) is 25.2. The molecule has 0 aliphatic carbocycles. The molecule has 0 radical (unpaired) electrons. The normalized spacial score (nSPS) is 15.4. The van der Waals surface area contributed by atoms with Gasteiger partial charge in [0.05, 0.1) is 5.56 Å². The molecule has 0 spiro atoms. The van der Waals surface area contributed by atoms with Crippen LogP contribution < -0.4 is 20.4 Å². The summed E-state index contributed by atoms with van der Waals surface area (Å²) in [5, 5.41) is 17.1. The van der Waals surface area contributed by atoms with Gasteiger partial charge in [0.1, 0.15) is 11.3 Å². The van der Waals surface area contributed by atoms with E-state index in [0.717, 1.165) is 43.5 Å². The van der Waals surface area contributed by atoms with Gasteiger partial charge < -0.3 is 20.6 Å². The Morgan fingerprint density at radius 3 is 2.63 bits per heavy atom. The summed E-state index contributed by atoms with van der Waals surface area (Å²) < 4.78 is 42.0. The van der Waals surface area contributed by atoms with Crippen LogP contribution in [-0.4, -0.2) is 65.1 Å². The number of amides is 2. The van der Waals surface area contributed by atoms with E-state index in [0.29, 0.717) is 24.2 Å². The van der Waals surface area contributed by atoms with Crippen LogP contribution in [-0.2, 0) is 24.4 Å². The van der Waals surface area contributed by atoms with Gasteiger partial charge in [-0.1, -0.05) is 0 Å². The molecule has 0 atom stereocenters. The number of anilines is 3. The average Bonchev–Trinajstić information content (AvgIpc) is 3.41. The highest BCUT2D eigenvalue weighted by molar-refractivity contribution is 6.04. The van der Waals surface area contributed by atoms with Gasteiger partial charge in [-0.3, -0.25) is 14.4 Å². The number of nitrogens with one attached hydrogen (secondary N) is 2. The third-order valence-corrected chi connectivity index (χ3v) is 5.83. The molecular weight excluding hydrogens is 467 g/mol. The Bertz CT molecular complexity index is 1240. The standard InChI is InChI=1S/C21H22F3N7O.CH2O2/c1-29-12-13-10-14(11-16(18(13)28-29)21(22,23)24)27-20(32)31-7-3-15-17(2-4-26-19(15)31)30-8-5-25-6-9-30;2-1-3/h2,4,10-12,25H,3,5-9H2,1H3,(H,27,32);1H,(H,2,3). The van der Waals surface area contributed by atoms with Crippen molar-refractivity contribution in [2.45, 2.75) is 12.6 Å². The molecule has 2 aromatic heterocycles. The van der Waals surface area contributed by atoms with Gasteiger partial charge in [0.15, 0.2) is 0 Å². The topological polar surface area (TPSA) is 116 Å². The minimum Gasteiger partial charge on any atom is -0.483 e. The van der Waals surface area contributed by atoms with Crippen LogP contribution >= 0.6 is 0 Å². The quantitative estimate of drug-likeness (QED) is 0.472. The summed E-state index contributed by atoms with van der Waals surface area (Å²) in [6.07, 6.45) is -0.781. The molecule has 3 aromatic rings. The van der Waals surface area contributed by atoms with Crippen molar-refractivity contribution in [2.75, 3.05) is 47.8 Å². The molecule has 3 N–H and O–H groups in total. The second kappa shape index (κ2) is 9.78. The number of carbonyl (C=O) groups excluding carboxylic acids is 1. The van der Waals surface area contributed by atoms with E-state index in [2.05, 4.69) is 25.6 Å². The summed E-state index contributed by atoms with van der Waals surface area (Å²) in [5.74, 6) is 0.553. The monoisotopic (exact) mass is 491 g/mol. The van der Waals surface area contributed by atoms with Crippen molar-refractivity contribution in [1.82, 2.24) is 20.1 Å². The number of carbonyl (C=O) groups is 2. The number of carboxylic acid groups (broad SMARTS) is 1. The van der Waals surface area contributed by atoms with E-state index in [1.807, 2.05) is 6.07 Å². The first kappa shape index (κ1) is 24.3. The number of nitrogens with zero attached hydrogens (tertiary/aromatic N) is 5. The number of aromatic nitrogens is 3. The Labute approximate surface area is 198 Å². The first-order valence-corrected chi connectivity index (χ1v) is 10.9. The predicted octanol–water partition coefficient (Wildman–Crippen LogP) is 2.69. The Morgan fingerprint density at radius 2 is 1.94 bits per heavy atom. The van der Waals surface area contributed by atoms with E-state index in [9.17, 15) is 18.0 Å². The molecule has 4 heterocycles. The minimum atomic E-state index is -4.59. The van der Waals surface area contributed by atoms with Crippen molar-refractivity contribution in [1.29, 1.82) is 0 Å². The van der Waals surface area contributed by atoms with Gasteiger partial charge in [-0.05, 0) is 24.6 Å². The minimum absolute atomic E-state index is 0.0644. The summed E-state index contributed by atoms with van der Waals surface area (Å²) in [6.45, 7) is 3.68. The molecule has 186 valence electrons. The van der Waals surface area contributed by atoms with Gasteiger partial charge in [0.25, 0.3) is 6.47 Å². The number of benzene rings is 1. The van der Waals surface area contributed by atoms with Crippen LogP contribution in [0.25, 0.3) is 10.9 Å².